The van der Waals surface area contributed by atoms with Gasteiger partial charge in [-0.15, -0.1) is 0 Å². The fraction of sp³-hybridized carbons (Fsp3) is 0.545. The van der Waals surface area contributed by atoms with Gasteiger partial charge in [0.1, 0.15) is 5.60 Å². The number of thiophene rings is 1. The summed E-state index contributed by atoms with van der Waals surface area (Å²) in [5.41, 5.74) is 0.676. The van der Waals surface area contributed by atoms with E-state index in [1.54, 1.807) is 11.3 Å². The highest BCUT2D eigenvalue weighted by Crippen LogP contribution is 2.28. The van der Waals surface area contributed by atoms with E-state index < -0.39 is 5.60 Å². The smallest absolute Gasteiger partial charge is 0.169 e. The Labute approximate surface area is 87.9 Å². The number of Topliss-reactive ketones (excluding diaryl/α,β-unsaturated/α-hetero) is 1. The average Bonchev–Trinajstić information content (AvgIpc) is 2.70. The predicted octanol–water partition coefficient (Wildman–Crippen LogP) is 2.28. The number of rotatable bonds is 2. The quantitative estimate of drug-likeness (QED) is 0.748. The van der Waals surface area contributed by atoms with Crippen LogP contribution in [0.1, 0.15) is 19.4 Å². The Kier molecular flexibility index (Phi) is 2.45. The zero-order valence-corrected chi connectivity index (χ0v) is 9.26. The molecule has 1 aliphatic rings. The highest BCUT2D eigenvalue weighted by atomic mass is 32.1. The normalized spacial score (nSPS) is 25.6. The molecule has 2 nitrogen and oxygen atoms in total. The lowest BCUT2D eigenvalue weighted by Crippen LogP contribution is -2.30. The first-order chi connectivity index (χ1) is 6.59. The summed E-state index contributed by atoms with van der Waals surface area (Å²) in [5, 5.41) is 4.14. The molecule has 1 fully saturated rings. The monoisotopic (exact) mass is 210 g/mol. The van der Waals surface area contributed by atoms with Crippen molar-refractivity contribution in [3.63, 3.8) is 0 Å². The van der Waals surface area contributed by atoms with Gasteiger partial charge in [0.05, 0.1) is 6.61 Å². The molecule has 0 amide bonds. The fourth-order valence-electron chi connectivity index (χ4n) is 1.79. The molecule has 76 valence electrons. The molecule has 0 aliphatic carbocycles. The molecule has 1 aliphatic heterocycles. The maximum Gasteiger partial charge on any atom is 0.169 e. The molecule has 1 saturated heterocycles. The van der Waals surface area contributed by atoms with E-state index >= 15 is 0 Å². The highest BCUT2D eigenvalue weighted by Gasteiger charge is 2.41. The molecule has 1 aromatic heterocycles. The Morgan fingerprint density at radius 1 is 1.64 bits per heavy atom. The summed E-state index contributed by atoms with van der Waals surface area (Å²) in [6.07, 6.45) is 0.825. The Morgan fingerprint density at radius 2 is 2.43 bits per heavy atom. The van der Waals surface area contributed by atoms with Crippen molar-refractivity contribution in [2.75, 3.05) is 6.61 Å². The predicted molar refractivity (Wildman–Crippen MR) is 56.6 cm³/mol. The molecule has 2 rings (SSSR count). The van der Waals surface area contributed by atoms with Crippen molar-refractivity contribution in [2.45, 2.75) is 25.9 Å². The SMILES string of the molecule is CC1(C)OCC(Cc2ccsc2)C1=O. The van der Waals surface area contributed by atoms with E-state index in [1.807, 2.05) is 19.2 Å². The number of carbonyl (C=O) groups excluding carboxylic acids is 1. The summed E-state index contributed by atoms with van der Waals surface area (Å²) in [4.78, 5) is 11.8. The van der Waals surface area contributed by atoms with Gasteiger partial charge in [-0.1, -0.05) is 0 Å². The Morgan fingerprint density at radius 3 is 2.93 bits per heavy atom. The lowest BCUT2D eigenvalue weighted by Gasteiger charge is -2.14. The topological polar surface area (TPSA) is 26.3 Å². The molecular weight excluding hydrogens is 196 g/mol. The van der Waals surface area contributed by atoms with Crippen LogP contribution >= 0.6 is 11.3 Å². The summed E-state index contributed by atoms with van der Waals surface area (Å²) >= 11 is 1.67. The maximum absolute atomic E-state index is 11.8. The van der Waals surface area contributed by atoms with Crippen molar-refractivity contribution in [1.29, 1.82) is 0 Å². The van der Waals surface area contributed by atoms with Crippen molar-refractivity contribution in [2.24, 2.45) is 5.92 Å². The number of ether oxygens (including phenoxy) is 1. The summed E-state index contributed by atoms with van der Waals surface area (Å²) < 4.78 is 5.47. The molecule has 0 aromatic carbocycles. The Balaban J connectivity index is 2.05. The van der Waals surface area contributed by atoms with Crippen molar-refractivity contribution in [1.82, 2.24) is 0 Å². The summed E-state index contributed by atoms with van der Waals surface area (Å²) in [7, 11) is 0. The molecule has 0 radical (unpaired) electrons. The number of hydrogen-bond acceptors (Lipinski definition) is 3. The van der Waals surface area contributed by atoms with Crippen molar-refractivity contribution >= 4 is 17.1 Å². The third-order valence-corrected chi connectivity index (χ3v) is 3.40. The first-order valence-electron chi connectivity index (χ1n) is 4.79. The van der Waals surface area contributed by atoms with Gasteiger partial charge in [-0.25, -0.2) is 0 Å². The van der Waals surface area contributed by atoms with Gasteiger partial charge in [0.15, 0.2) is 5.78 Å². The van der Waals surface area contributed by atoms with Gasteiger partial charge in [0, 0.05) is 5.92 Å². The van der Waals surface area contributed by atoms with Crippen molar-refractivity contribution < 1.29 is 9.53 Å². The van der Waals surface area contributed by atoms with E-state index in [2.05, 4.69) is 11.4 Å². The molecule has 0 saturated carbocycles. The summed E-state index contributed by atoms with van der Waals surface area (Å²) in [6.45, 7) is 4.27. The fourth-order valence-corrected chi connectivity index (χ4v) is 2.47. The molecule has 14 heavy (non-hydrogen) atoms. The number of ketones is 1. The molecule has 1 aromatic rings. The van der Waals surface area contributed by atoms with Crippen LogP contribution < -0.4 is 0 Å². The van der Waals surface area contributed by atoms with Crippen LogP contribution in [0.25, 0.3) is 0 Å². The van der Waals surface area contributed by atoms with Crippen LogP contribution in [0.2, 0.25) is 0 Å². The lowest BCUT2D eigenvalue weighted by molar-refractivity contribution is -0.130. The summed E-state index contributed by atoms with van der Waals surface area (Å²) in [5.74, 6) is 0.295. The maximum atomic E-state index is 11.8. The standard InChI is InChI=1S/C11H14O2S/c1-11(2)10(12)9(6-13-11)5-8-3-4-14-7-8/h3-4,7,9H,5-6H2,1-2H3. The van der Waals surface area contributed by atoms with Gasteiger partial charge in [-0.05, 0) is 42.7 Å². The molecule has 0 bridgehead atoms. The van der Waals surface area contributed by atoms with Gasteiger partial charge in [0.2, 0.25) is 0 Å². The minimum Gasteiger partial charge on any atom is -0.367 e. The zero-order valence-electron chi connectivity index (χ0n) is 8.45. The summed E-state index contributed by atoms with van der Waals surface area (Å²) in [6, 6.07) is 2.07. The van der Waals surface area contributed by atoms with Gasteiger partial charge in [-0.3, -0.25) is 4.79 Å². The number of carbonyl (C=O) groups is 1. The largest absolute Gasteiger partial charge is 0.367 e. The van der Waals surface area contributed by atoms with Crippen LogP contribution in [0.5, 0.6) is 0 Å². The Hall–Kier alpha value is -0.670. The highest BCUT2D eigenvalue weighted by molar-refractivity contribution is 7.07. The van der Waals surface area contributed by atoms with E-state index in [0.717, 1.165) is 6.42 Å². The second-order valence-corrected chi connectivity index (χ2v) is 5.00. The molecular formula is C11H14O2S. The van der Waals surface area contributed by atoms with Crippen LogP contribution in [-0.4, -0.2) is 18.0 Å². The second kappa shape index (κ2) is 3.48. The van der Waals surface area contributed by atoms with Crippen LogP contribution in [0.4, 0.5) is 0 Å². The molecule has 0 N–H and O–H groups in total. The van der Waals surface area contributed by atoms with E-state index in [1.165, 1.54) is 5.56 Å². The lowest BCUT2D eigenvalue weighted by atomic mass is 9.92. The van der Waals surface area contributed by atoms with Crippen molar-refractivity contribution in [3.05, 3.63) is 22.4 Å². The molecule has 0 spiro atoms. The third-order valence-electron chi connectivity index (χ3n) is 2.67. The first-order valence-corrected chi connectivity index (χ1v) is 5.73. The molecule has 1 unspecified atom stereocenters. The van der Waals surface area contributed by atoms with E-state index in [9.17, 15) is 4.79 Å². The zero-order chi connectivity index (χ0) is 10.2. The van der Waals surface area contributed by atoms with Gasteiger partial charge in [0.25, 0.3) is 0 Å². The van der Waals surface area contributed by atoms with E-state index in [4.69, 9.17) is 4.74 Å². The van der Waals surface area contributed by atoms with Crippen LogP contribution in [0, 0.1) is 5.92 Å². The van der Waals surface area contributed by atoms with E-state index in [-0.39, 0.29) is 11.7 Å². The van der Waals surface area contributed by atoms with Gasteiger partial charge < -0.3 is 4.74 Å². The molecule has 1 atom stereocenters. The molecule has 2 heterocycles. The van der Waals surface area contributed by atoms with Crippen LogP contribution in [0.3, 0.4) is 0 Å². The Bertz CT molecular complexity index is 327. The minimum absolute atomic E-state index is 0.0552. The van der Waals surface area contributed by atoms with Crippen molar-refractivity contribution in [3.8, 4) is 0 Å². The van der Waals surface area contributed by atoms with Crippen LogP contribution in [-0.2, 0) is 16.0 Å². The van der Waals surface area contributed by atoms with Gasteiger partial charge >= 0.3 is 0 Å². The number of hydrogen-bond donors (Lipinski definition) is 0. The molecule has 3 heteroatoms. The average molecular weight is 210 g/mol. The second-order valence-electron chi connectivity index (χ2n) is 4.22. The van der Waals surface area contributed by atoms with E-state index in [0.29, 0.717) is 6.61 Å². The van der Waals surface area contributed by atoms with Crippen LogP contribution in [0.15, 0.2) is 16.8 Å². The third kappa shape index (κ3) is 1.74. The van der Waals surface area contributed by atoms with Gasteiger partial charge in [-0.2, -0.15) is 11.3 Å². The first kappa shape index (κ1) is 9.87. The minimum atomic E-state index is -0.569.